The zero-order valence-corrected chi connectivity index (χ0v) is 10.1. The molecular formula is C12H16N4O2. The van der Waals surface area contributed by atoms with Crippen molar-refractivity contribution < 1.29 is 10.2 Å². The van der Waals surface area contributed by atoms with Gasteiger partial charge in [-0.15, -0.1) is 10.2 Å². The Kier molecular flexibility index (Phi) is 3.47. The number of aromatic hydroxyl groups is 2. The molecule has 0 fully saturated rings. The van der Waals surface area contributed by atoms with Gasteiger partial charge in [0.15, 0.2) is 11.5 Å². The summed E-state index contributed by atoms with van der Waals surface area (Å²) in [5, 5.41) is 26.5. The van der Waals surface area contributed by atoms with E-state index in [4.69, 9.17) is 5.73 Å². The number of phenols is 2. The smallest absolute Gasteiger partial charge is 0.157 e. The lowest BCUT2D eigenvalue weighted by Gasteiger charge is -2.12. The maximum Gasteiger partial charge on any atom is 0.157 e. The molecule has 0 bridgehead atoms. The van der Waals surface area contributed by atoms with E-state index < -0.39 is 0 Å². The monoisotopic (exact) mass is 248 g/mol. The predicted molar refractivity (Wildman–Crippen MR) is 66.1 cm³/mol. The Morgan fingerprint density at radius 2 is 2.11 bits per heavy atom. The molecule has 1 heterocycles. The van der Waals surface area contributed by atoms with Crippen LogP contribution < -0.4 is 5.73 Å². The van der Waals surface area contributed by atoms with Crippen LogP contribution in [0.2, 0.25) is 0 Å². The van der Waals surface area contributed by atoms with E-state index in [-0.39, 0.29) is 17.5 Å². The first-order valence-corrected chi connectivity index (χ1v) is 5.76. The van der Waals surface area contributed by atoms with E-state index >= 15 is 0 Å². The van der Waals surface area contributed by atoms with Gasteiger partial charge >= 0.3 is 0 Å². The molecule has 2 aromatic rings. The van der Waals surface area contributed by atoms with E-state index in [9.17, 15) is 10.2 Å². The van der Waals surface area contributed by atoms with Crippen molar-refractivity contribution in [2.24, 2.45) is 5.73 Å². The van der Waals surface area contributed by atoms with Crippen LogP contribution in [-0.2, 0) is 13.0 Å². The molecule has 1 unspecified atom stereocenters. The molecule has 4 N–H and O–H groups in total. The molecule has 0 radical (unpaired) electrons. The van der Waals surface area contributed by atoms with Crippen LogP contribution in [0.15, 0.2) is 24.5 Å². The van der Waals surface area contributed by atoms with Crippen LogP contribution in [0.4, 0.5) is 0 Å². The van der Waals surface area contributed by atoms with Gasteiger partial charge in [-0.25, -0.2) is 0 Å². The number of benzene rings is 1. The fraction of sp³-hybridized carbons (Fsp3) is 0.333. The highest BCUT2D eigenvalue weighted by Gasteiger charge is 2.14. The van der Waals surface area contributed by atoms with Gasteiger partial charge in [0.2, 0.25) is 0 Å². The lowest BCUT2D eigenvalue weighted by Crippen LogP contribution is -2.18. The van der Waals surface area contributed by atoms with Gasteiger partial charge in [0.05, 0.1) is 6.04 Å². The van der Waals surface area contributed by atoms with Gasteiger partial charge in [0.1, 0.15) is 12.2 Å². The highest BCUT2D eigenvalue weighted by Crippen LogP contribution is 2.26. The van der Waals surface area contributed by atoms with Crippen LogP contribution in [0.5, 0.6) is 11.5 Å². The first-order valence-electron chi connectivity index (χ1n) is 5.76. The molecule has 0 aliphatic heterocycles. The number of phenolic OH excluding ortho intramolecular Hbond substituents is 2. The zero-order valence-electron chi connectivity index (χ0n) is 10.1. The number of aryl methyl sites for hydroxylation is 1. The van der Waals surface area contributed by atoms with Gasteiger partial charge in [-0.05, 0) is 31.0 Å². The summed E-state index contributed by atoms with van der Waals surface area (Å²) in [5.41, 5.74) is 6.91. The van der Waals surface area contributed by atoms with Crippen LogP contribution in [-0.4, -0.2) is 25.0 Å². The molecule has 6 heteroatoms. The maximum absolute atomic E-state index is 9.42. The highest BCUT2D eigenvalue weighted by molar-refractivity contribution is 5.40. The molecule has 1 atom stereocenters. The average Bonchev–Trinajstić information content (AvgIpc) is 2.82. The summed E-state index contributed by atoms with van der Waals surface area (Å²) >= 11 is 0. The molecular weight excluding hydrogens is 232 g/mol. The van der Waals surface area contributed by atoms with Crippen LogP contribution in [0.25, 0.3) is 0 Å². The van der Waals surface area contributed by atoms with Gasteiger partial charge < -0.3 is 20.5 Å². The van der Waals surface area contributed by atoms with Crippen LogP contribution in [0, 0.1) is 0 Å². The Hall–Kier alpha value is -2.08. The topological polar surface area (TPSA) is 97.2 Å². The molecule has 0 spiro atoms. The number of nitrogens with zero attached hydrogens (tertiary/aromatic N) is 3. The van der Waals surface area contributed by atoms with Crippen molar-refractivity contribution >= 4 is 0 Å². The quantitative estimate of drug-likeness (QED) is 0.700. The Morgan fingerprint density at radius 3 is 2.78 bits per heavy atom. The lowest BCUT2D eigenvalue weighted by molar-refractivity contribution is 0.403. The molecule has 1 aromatic heterocycles. The third-order valence-electron chi connectivity index (χ3n) is 2.81. The molecule has 0 amide bonds. The van der Waals surface area contributed by atoms with Gasteiger partial charge in [0.25, 0.3) is 0 Å². The molecule has 2 rings (SSSR count). The maximum atomic E-state index is 9.42. The largest absolute Gasteiger partial charge is 0.504 e. The lowest BCUT2D eigenvalue weighted by atomic mass is 10.1. The van der Waals surface area contributed by atoms with Crippen LogP contribution in [0.1, 0.15) is 24.4 Å². The number of aromatic nitrogens is 3. The minimum atomic E-state index is -0.295. The van der Waals surface area contributed by atoms with Crippen LogP contribution in [0.3, 0.4) is 0 Å². The second-order valence-corrected chi connectivity index (χ2v) is 4.11. The van der Waals surface area contributed by atoms with Gasteiger partial charge in [-0.1, -0.05) is 6.07 Å². The SMILES string of the molecule is CCn1cnnc1C(N)Cc1ccc(O)c(O)c1. The molecule has 0 aliphatic carbocycles. The number of hydrogen-bond donors (Lipinski definition) is 3. The van der Waals surface area contributed by atoms with Crippen molar-refractivity contribution in [1.29, 1.82) is 0 Å². The summed E-state index contributed by atoms with van der Waals surface area (Å²) < 4.78 is 1.88. The summed E-state index contributed by atoms with van der Waals surface area (Å²) in [4.78, 5) is 0. The van der Waals surface area contributed by atoms with E-state index in [1.165, 1.54) is 12.1 Å². The first-order chi connectivity index (χ1) is 8.61. The predicted octanol–water partition coefficient (Wildman–Crippen LogP) is 0.952. The van der Waals surface area contributed by atoms with E-state index in [1.54, 1.807) is 12.4 Å². The van der Waals surface area contributed by atoms with Gasteiger partial charge in [-0.3, -0.25) is 0 Å². The first kappa shape index (κ1) is 12.4. The second-order valence-electron chi connectivity index (χ2n) is 4.11. The van der Waals surface area contributed by atoms with Gasteiger partial charge in [-0.2, -0.15) is 0 Å². The summed E-state index contributed by atoms with van der Waals surface area (Å²) in [6, 6.07) is 4.38. The van der Waals surface area contributed by atoms with Crippen molar-refractivity contribution in [3.8, 4) is 11.5 Å². The minimum Gasteiger partial charge on any atom is -0.504 e. The molecule has 18 heavy (non-hydrogen) atoms. The van der Waals surface area contributed by atoms with Crippen molar-refractivity contribution in [1.82, 2.24) is 14.8 Å². The number of hydrogen-bond acceptors (Lipinski definition) is 5. The summed E-state index contributed by atoms with van der Waals surface area (Å²) in [6.07, 6.45) is 2.16. The van der Waals surface area contributed by atoms with E-state index in [0.717, 1.165) is 12.1 Å². The normalized spacial score (nSPS) is 12.6. The molecule has 0 saturated heterocycles. The fourth-order valence-corrected chi connectivity index (χ4v) is 1.84. The summed E-state index contributed by atoms with van der Waals surface area (Å²) in [5.74, 6) is 0.436. The van der Waals surface area contributed by atoms with Gasteiger partial charge in [0, 0.05) is 6.54 Å². The summed E-state index contributed by atoms with van der Waals surface area (Å²) in [6.45, 7) is 2.75. The molecule has 96 valence electrons. The Labute approximate surface area is 105 Å². The minimum absolute atomic E-state index is 0.135. The molecule has 0 aliphatic rings. The Morgan fingerprint density at radius 1 is 1.33 bits per heavy atom. The van der Waals surface area contributed by atoms with E-state index in [2.05, 4.69) is 10.2 Å². The molecule has 1 aromatic carbocycles. The van der Waals surface area contributed by atoms with Crippen LogP contribution >= 0.6 is 0 Å². The third-order valence-corrected chi connectivity index (χ3v) is 2.81. The Balaban J connectivity index is 2.16. The second kappa shape index (κ2) is 5.05. The van der Waals surface area contributed by atoms with Crippen molar-refractivity contribution in [2.75, 3.05) is 0 Å². The van der Waals surface area contributed by atoms with Crippen molar-refractivity contribution in [3.63, 3.8) is 0 Å². The third kappa shape index (κ3) is 2.43. The Bertz CT molecular complexity index is 539. The highest BCUT2D eigenvalue weighted by atomic mass is 16.3. The standard InChI is InChI=1S/C12H16N4O2/c1-2-16-7-14-15-12(16)9(13)5-8-3-4-10(17)11(18)6-8/h3-4,6-7,9,17-18H,2,5,13H2,1H3. The molecule has 6 nitrogen and oxygen atoms in total. The zero-order chi connectivity index (χ0) is 13.1. The van der Waals surface area contributed by atoms with E-state index in [0.29, 0.717) is 12.2 Å². The van der Waals surface area contributed by atoms with Crippen molar-refractivity contribution in [2.45, 2.75) is 25.9 Å². The average molecular weight is 248 g/mol. The molecule has 0 saturated carbocycles. The van der Waals surface area contributed by atoms with E-state index in [1.807, 2.05) is 11.5 Å². The van der Waals surface area contributed by atoms with Crippen molar-refractivity contribution in [3.05, 3.63) is 35.9 Å². The summed E-state index contributed by atoms with van der Waals surface area (Å²) in [7, 11) is 0. The fourth-order valence-electron chi connectivity index (χ4n) is 1.84. The number of nitrogens with two attached hydrogens (primary N) is 1. The number of rotatable bonds is 4.